The molecule has 6 heteroatoms. The van der Waals surface area contributed by atoms with Crippen molar-refractivity contribution in [3.8, 4) is 17.3 Å². The van der Waals surface area contributed by atoms with Gasteiger partial charge < -0.3 is 10.2 Å². The van der Waals surface area contributed by atoms with Crippen LogP contribution in [0.1, 0.15) is 28.8 Å². The van der Waals surface area contributed by atoms with Crippen LogP contribution in [-0.4, -0.2) is 34.8 Å². The van der Waals surface area contributed by atoms with Gasteiger partial charge in [-0.1, -0.05) is 30.3 Å². The number of nitrogens with one attached hydrogen (secondary N) is 1. The molecule has 1 saturated heterocycles. The van der Waals surface area contributed by atoms with Crippen LogP contribution >= 0.6 is 0 Å². The van der Waals surface area contributed by atoms with E-state index in [-0.39, 0.29) is 17.7 Å². The first kappa shape index (κ1) is 20.3. The van der Waals surface area contributed by atoms with Crippen molar-refractivity contribution in [1.29, 1.82) is 5.26 Å². The van der Waals surface area contributed by atoms with Gasteiger partial charge in [0.15, 0.2) is 0 Å². The molecule has 2 heterocycles. The summed E-state index contributed by atoms with van der Waals surface area (Å²) in [6.45, 7) is 0.981. The summed E-state index contributed by atoms with van der Waals surface area (Å²) in [6, 6.07) is 22.2. The highest BCUT2D eigenvalue weighted by Gasteiger charge is 2.28. The molecule has 2 aromatic carbocycles. The van der Waals surface area contributed by atoms with E-state index in [1.54, 1.807) is 35.4 Å². The smallest absolute Gasteiger partial charge is 0.255 e. The Labute approximate surface area is 181 Å². The number of likely N-dealkylation sites (tertiary alicyclic amines) is 1. The van der Waals surface area contributed by atoms with Crippen molar-refractivity contribution < 1.29 is 9.59 Å². The minimum absolute atomic E-state index is 0.0392. The Morgan fingerprint density at radius 3 is 2.52 bits per heavy atom. The summed E-state index contributed by atoms with van der Waals surface area (Å²) in [5.74, 6) is -0.351. The Hall–Kier alpha value is -3.98. The second-order valence-corrected chi connectivity index (χ2v) is 7.51. The third-order valence-corrected chi connectivity index (χ3v) is 5.52. The van der Waals surface area contributed by atoms with Gasteiger partial charge in [-0.3, -0.25) is 14.6 Å². The fourth-order valence-corrected chi connectivity index (χ4v) is 3.82. The highest BCUT2D eigenvalue weighted by atomic mass is 16.2. The predicted molar refractivity (Wildman–Crippen MR) is 118 cm³/mol. The number of nitrogens with zero attached hydrogens (tertiary/aromatic N) is 3. The number of carbonyl (C=O) groups excluding carboxylic acids is 2. The van der Waals surface area contributed by atoms with Gasteiger partial charge in [-0.15, -0.1) is 0 Å². The summed E-state index contributed by atoms with van der Waals surface area (Å²) < 4.78 is 0. The second kappa shape index (κ2) is 9.23. The number of hydrogen-bond donors (Lipinski definition) is 1. The first-order valence-electron chi connectivity index (χ1n) is 10.3. The Kier molecular flexibility index (Phi) is 6.04. The van der Waals surface area contributed by atoms with E-state index in [0.29, 0.717) is 37.1 Å². The van der Waals surface area contributed by atoms with Crippen LogP contribution in [0.25, 0.3) is 11.3 Å². The fourth-order valence-electron chi connectivity index (χ4n) is 3.82. The molecule has 6 nitrogen and oxygen atoms in total. The van der Waals surface area contributed by atoms with Gasteiger partial charge in [0, 0.05) is 36.5 Å². The number of hydrogen-bond acceptors (Lipinski definition) is 4. The maximum absolute atomic E-state index is 12.8. The Balaban J connectivity index is 1.37. The Morgan fingerprint density at radius 1 is 1.00 bits per heavy atom. The van der Waals surface area contributed by atoms with Gasteiger partial charge in [-0.05, 0) is 49.2 Å². The van der Waals surface area contributed by atoms with E-state index in [9.17, 15) is 14.9 Å². The summed E-state index contributed by atoms with van der Waals surface area (Å²) in [6.07, 6.45) is 2.92. The third kappa shape index (κ3) is 4.62. The van der Waals surface area contributed by atoms with E-state index in [1.165, 1.54) is 0 Å². The van der Waals surface area contributed by atoms with Gasteiger partial charge >= 0.3 is 0 Å². The number of aromatic nitrogens is 1. The number of piperidine rings is 1. The second-order valence-electron chi connectivity index (χ2n) is 7.51. The summed E-state index contributed by atoms with van der Waals surface area (Å²) in [4.78, 5) is 31.7. The lowest BCUT2D eigenvalue weighted by Gasteiger charge is -2.31. The first-order chi connectivity index (χ1) is 15.2. The highest BCUT2D eigenvalue weighted by molar-refractivity contribution is 5.97. The maximum atomic E-state index is 12.8. The molecule has 1 fully saturated rings. The van der Waals surface area contributed by atoms with E-state index < -0.39 is 0 Å². The van der Waals surface area contributed by atoms with Crippen molar-refractivity contribution in [2.24, 2.45) is 5.92 Å². The minimum Gasteiger partial charge on any atom is -0.339 e. The van der Waals surface area contributed by atoms with E-state index in [0.717, 1.165) is 16.9 Å². The third-order valence-electron chi connectivity index (χ3n) is 5.52. The molecule has 0 atom stereocenters. The number of carbonyl (C=O) groups is 2. The van der Waals surface area contributed by atoms with Crippen molar-refractivity contribution in [2.45, 2.75) is 12.8 Å². The van der Waals surface area contributed by atoms with E-state index in [1.807, 2.05) is 42.5 Å². The fraction of sp³-hybridized carbons (Fsp3) is 0.200. The largest absolute Gasteiger partial charge is 0.339 e. The van der Waals surface area contributed by atoms with Gasteiger partial charge in [0.05, 0.1) is 22.9 Å². The van der Waals surface area contributed by atoms with Crippen LogP contribution in [0, 0.1) is 17.2 Å². The zero-order valence-corrected chi connectivity index (χ0v) is 17.0. The average molecular weight is 410 g/mol. The molecule has 2 amide bonds. The normalized spacial score (nSPS) is 14.0. The predicted octanol–water partition coefficient (Wildman–Crippen LogP) is 4.11. The summed E-state index contributed by atoms with van der Waals surface area (Å²) in [5.41, 5.74) is 3.31. The molecule has 0 unspecified atom stereocenters. The minimum atomic E-state index is -0.159. The lowest BCUT2D eigenvalue weighted by atomic mass is 9.95. The lowest BCUT2D eigenvalue weighted by Crippen LogP contribution is -2.41. The molecule has 1 aliphatic heterocycles. The number of rotatable bonds is 4. The summed E-state index contributed by atoms with van der Waals surface area (Å²) in [7, 11) is 0. The Bertz CT molecular complexity index is 1130. The van der Waals surface area contributed by atoms with Crippen molar-refractivity contribution in [2.75, 3.05) is 18.4 Å². The van der Waals surface area contributed by atoms with Gasteiger partial charge in [-0.25, -0.2) is 0 Å². The first-order valence-corrected chi connectivity index (χ1v) is 10.3. The molecule has 0 spiro atoms. The van der Waals surface area contributed by atoms with Crippen molar-refractivity contribution in [1.82, 2.24) is 9.88 Å². The van der Waals surface area contributed by atoms with Crippen LogP contribution in [0.15, 0.2) is 72.9 Å². The maximum Gasteiger partial charge on any atom is 0.255 e. The molecule has 31 heavy (non-hydrogen) atoms. The van der Waals surface area contributed by atoms with Crippen LogP contribution in [-0.2, 0) is 4.79 Å². The van der Waals surface area contributed by atoms with Crippen molar-refractivity contribution >= 4 is 17.5 Å². The Morgan fingerprint density at radius 2 is 1.77 bits per heavy atom. The summed E-state index contributed by atoms with van der Waals surface area (Å²) in [5, 5.41) is 12.2. The summed E-state index contributed by atoms with van der Waals surface area (Å²) >= 11 is 0. The quantitative estimate of drug-likeness (QED) is 0.701. The standard InChI is InChI=1S/C25H22N4O2/c26-17-20-6-1-2-9-22(20)25(31)29-14-11-18(12-15-29)24(30)28-21-8-5-7-19(16-21)23-10-3-4-13-27-23/h1-10,13,16,18H,11-12,14-15H2,(H,28,30). The van der Waals surface area contributed by atoms with Crippen LogP contribution in [0.4, 0.5) is 5.69 Å². The molecule has 3 aromatic rings. The zero-order valence-electron chi connectivity index (χ0n) is 17.0. The molecule has 0 saturated carbocycles. The van der Waals surface area contributed by atoms with E-state index >= 15 is 0 Å². The molecule has 1 N–H and O–H groups in total. The molecule has 0 bridgehead atoms. The molecular weight excluding hydrogens is 388 g/mol. The van der Waals surface area contributed by atoms with Gasteiger partial charge in [-0.2, -0.15) is 5.26 Å². The molecule has 0 aliphatic carbocycles. The zero-order chi connectivity index (χ0) is 21.6. The number of pyridine rings is 1. The van der Waals surface area contributed by atoms with Gasteiger partial charge in [0.1, 0.15) is 0 Å². The number of benzene rings is 2. The van der Waals surface area contributed by atoms with Crippen molar-refractivity contribution in [3.63, 3.8) is 0 Å². The number of anilines is 1. The number of amides is 2. The van der Waals surface area contributed by atoms with Crippen molar-refractivity contribution in [3.05, 3.63) is 84.1 Å². The lowest BCUT2D eigenvalue weighted by molar-refractivity contribution is -0.121. The highest BCUT2D eigenvalue weighted by Crippen LogP contribution is 2.24. The molecule has 1 aromatic heterocycles. The van der Waals surface area contributed by atoms with Gasteiger partial charge in [0.25, 0.3) is 5.91 Å². The average Bonchev–Trinajstić information content (AvgIpc) is 2.84. The molecular formula is C25H22N4O2. The van der Waals surface area contributed by atoms with Gasteiger partial charge in [0.2, 0.25) is 5.91 Å². The van der Waals surface area contributed by atoms with Crippen LogP contribution in [0.2, 0.25) is 0 Å². The van der Waals surface area contributed by atoms with Crippen LogP contribution in [0.5, 0.6) is 0 Å². The van der Waals surface area contributed by atoms with Crippen LogP contribution < -0.4 is 5.32 Å². The molecule has 1 aliphatic rings. The number of nitriles is 1. The van der Waals surface area contributed by atoms with E-state index in [4.69, 9.17) is 0 Å². The molecule has 0 radical (unpaired) electrons. The van der Waals surface area contributed by atoms with Crippen LogP contribution in [0.3, 0.4) is 0 Å². The van der Waals surface area contributed by atoms with E-state index in [2.05, 4.69) is 16.4 Å². The molecule has 154 valence electrons. The topological polar surface area (TPSA) is 86.1 Å². The SMILES string of the molecule is N#Cc1ccccc1C(=O)N1CCC(C(=O)Nc2cccc(-c3ccccn3)c2)CC1. The monoisotopic (exact) mass is 410 g/mol. The molecule has 4 rings (SSSR count).